The van der Waals surface area contributed by atoms with Crippen LogP contribution in [0.5, 0.6) is 5.75 Å². The van der Waals surface area contributed by atoms with Crippen LogP contribution in [0, 0.1) is 11.3 Å². The number of alkyl halides is 3. The molecule has 28 heavy (non-hydrogen) atoms. The average Bonchev–Trinajstić information content (AvgIpc) is 2.66. The molecule has 0 aliphatic rings. The first-order valence-electron chi connectivity index (χ1n) is 7.99. The van der Waals surface area contributed by atoms with Crippen LogP contribution < -0.4 is 10.1 Å². The predicted octanol–water partition coefficient (Wildman–Crippen LogP) is 3.53. The minimum Gasteiger partial charge on any atom is -0.482 e. The maximum absolute atomic E-state index is 12.5. The summed E-state index contributed by atoms with van der Waals surface area (Å²) in [6, 6.07) is 11.8. The molecule has 0 spiro atoms. The topological polar surface area (TPSA) is 88.4 Å². The van der Waals surface area contributed by atoms with Crippen LogP contribution in [0.4, 0.5) is 18.9 Å². The summed E-state index contributed by atoms with van der Waals surface area (Å²) in [6.45, 7) is 0.864. The summed E-state index contributed by atoms with van der Waals surface area (Å²) < 4.78 is 47.7. The van der Waals surface area contributed by atoms with Crippen molar-refractivity contribution in [2.24, 2.45) is 0 Å². The lowest BCUT2D eigenvalue weighted by Crippen LogP contribution is -2.31. The molecule has 0 aliphatic heterocycles. The van der Waals surface area contributed by atoms with Crippen molar-refractivity contribution in [3.63, 3.8) is 0 Å². The van der Waals surface area contributed by atoms with Gasteiger partial charge in [0.15, 0.2) is 12.7 Å². The molecule has 2 aromatic carbocycles. The zero-order chi connectivity index (χ0) is 20.7. The maximum Gasteiger partial charge on any atom is 0.416 e. The van der Waals surface area contributed by atoms with E-state index in [1.165, 1.54) is 31.2 Å². The molecule has 9 heteroatoms. The van der Waals surface area contributed by atoms with Crippen molar-refractivity contribution >= 4 is 17.6 Å². The number of rotatable bonds is 6. The number of carbonyl (C=O) groups excluding carboxylic acids is 2. The number of nitrogens with one attached hydrogen (secondary N) is 1. The summed E-state index contributed by atoms with van der Waals surface area (Å²) in [5.41, 5.74) is -0.275. The number of ether oxygens (including phenoxy) is 2. The Bertz CT molecular complexity index is 872. The third-order valence-electron chi connectivity index (χ3n) is 3.50. The Morgan fingerprint density at radius 3 is 2.25 bits per heavy atom. The summed E-state index contributed by atoms with van der Waals surface area (Å²) >= 11 is 0. The fourth-order valence-corrected chi connectivity index (χ4v) is 2.04. The first kappa shape index (κ1) is 20.8. The van der Waals surface area contributed by atoms with E-state index in [0.29, 0.717) is 11.3 Å². The van der Waals surface area contributed by atoms with Gasteiger partial charge in [0, 0.05) is 5.69 Å². The SMILES string of the molecule is CC(OC(=O)COc1ccc(C#N)cc1)C(=O)Nc1ccc(C(F)(F)F)cc1. The van der Waals surface area contributed by atoms with Crippen LogP contribution in [-0.4, -0.2) is 24.6 Å². The minimum absolute atomic E-state index is 0.134. The number of hydrogen-bond acceptors (Lipinski definition) is 5. The number of nitriles is 1. The second kappa shape index (κ2) is 8.90. The first-order valence-corrected chi connectivity index (χ1v) is 7.99. The molecule has 1 unspecified atom stereocenters. The fraction of sp³-hybridized carbons (Fsp3) is 0.211. The van der Waals surface area contributed by atoms with Gasteiger partial charge in [-0.2, -0.15) is 18.4 Å². The lowest BCUT2D eigenvalue weighted by molar-refractivity contribution is -0.155. The van der Waals surface area contributed by atoms with Crippen LogP contribution in [0.1, 0.15) is 18.1 Å². The number of halogens is 3. The Balaban J connectivity index is 1.82. The van der Waals surface area contributed by atoms with Crippen molar-refractivity contribution < 1.29 is 32.2 Å². The summed E-state index contributed by atoms with van der Waals surface area (Å²) in [4.78, 5) is 23.7. The van der Waals surface area contributed by atoms with E-state index in [4.69, 9.17) is 14.7 Å². The molecule has 1 amide bonds. The van der Waals surface area contributed by atoms with Crippen LogP contribution in [0.3, 0.4) is 0 Å². The Labute approximate surface area is 158 Å². The summed E-state index contributed by atoms with van der Waals surface area (Å²) in [6.07, 6.45) is -5.65. The zero-order valence-corrected chi connectivity index (χ0v) is 14.6. The van der Waals surface area contributed by atoms with E-state index in [-0.39, 0.29) is 5.69 Å². The van der Waals surface area contributed by atoms with Crippen LogP contribution in [0.2, 0.25) is 0 Å². The van der Waals surface area contributed by atoms with Gasteiger partial charge in [0.2, 0.25) is 0 Å². The van der Waals surface area contributed by atoms with Gasteiger partial charge in [-0.1, -0.05) is 0 Å². The number of nitrogens with zero attached hydrogens (tertiary/aromatic N) is 1. The summed E-state index contributed by atoms with van der Waals surface area (Å²) in [7, 11) is 0. The lowest BCUT2D eigenvalue weighted by Gasteiger charge is -2.14. The van der Waals surface area contributed by atoms with Gasteiger partial charge in [0.1, 0.15) is 5.75 Å². The molecular formula is C19H15F3N2O4. The van der Waals surface area contributed by atoms with Gasteiger partial charge in [0.05, 0.1) is 17.2 Å². The molecule has 0 aromatic heterocycles. The lowest BCUT2D eigenvalue weighted by atomic mass is 10.2. The van der Waals surface area contributed by atoms with Crippen LogP contribution >= 0.6 is 0 Å². The van der Waals surface area contributed by atoms with Crippen molar-refractivity contribution in [2.75, 3.05) is 11.9 Å². The van der Waals surface area contributed by atoms with Crippen molar-refractivity contribution in [1.29, 1.82) is 5.26 Å². The highest BCUT2D eigenvalue weighted by atomic mass is 19.4. The second-order valence-electron chi connectivity index (χ2n) is 5.62. The Kier molecular flexibility index (Phi) is 6.60. The molecule has 0 saturated heterocycles. The summed E-state index contributed by atoms with van der Waals surface area (Å²) in [5.74, 6) is -1.16. The smallest absolute Gasteiger partial charge is 0.416 e. The molecule has 0 aliphatic carbocycles. The van der Waals surface area contributed by atoms with Crippen molar-refractivity contribution in [2.45, 2.75) is 19.2 Å². The van der Waals surface area contributed by atoms with Crippen LogP contribution in [0.25, 0.3) is 0 Å². The predicted molar refractivity (Wildman–Crippen MR) is 92.3 cm³/mol. The largest absolute Gasteiger partial charge is 0.482 e. The van der Waals surface area contributed by atoms with Gasteiger partial charge < -0.3 is 14.8 Å². The van der Waals surface area contributed by atoms with Crippen LogP contribution in [0.15, 0.2) is 48.5 Å². The summed E-state index contributed by atoms with van der Waals surface area (Å²) in [5, 5.41) is 11.1. The number of benzene rings is 2. The molecule has 0 fully saturated rings. The van der Waals surface area contributed by atoms with Gasteiger partial charge in [-0.05, 0) is 55.5 Å². The number of hydrogen-bond donors (Lipinski definition) is 1. The molecule has 2 aromatic rings. The Hall–Kier alpha value is -3.54. The molecule has 2 rings (SSSR count). The highest BCUT2D eigenvalue weighted by Gasteiger charge is 2.30. The van der Waals surface area contributed by atoms with E-state index in [2.05, 4.69) is 5.32 Å². The number of anilines is 1. The van der Waals surface area contributed by atoms with E-state index in [9.17, 15) is 22.8 Å². The molecule has 0 bridgehead atoms. The second-order valence-corrected chi connectivity index (χ2v) is 5.62. The highest BCUT2D eigenvalue weighted by molar-refractivity contribution is 5.95. The standard InChI is InChI=1S/C19H15F3N2O4/c1-12(18(26)24-15-6-4-14(5-7-15)19(20,21)22)28-17(25)11-27-16-8-2-13(10-23)3-9-16/h2-9,12H,11H2,1H3,(H,24,26). The minimum atomic E-state index is -4.47. The number of carbonyl (C=O) groups is 2. The molecule has 1 atom stereocenters. The van der Waals surface area contributed by atoms with Crippen molar-refractivity contribution in [3.8, 4) is 11.8 Å². The third-order valence-corrected chi connectivity index (χ3v) is 3.50. The van der Waals surface area contributed by atoms with E-state index >= 15 is 0 Å². The van der Waals surface area contributed by atoms with Gasteiger partial charge in [-0.25, -0.2) is 4.79 Å². The molecule has 1 N–H and O–H groups in total. The van der Waals surface area contributed by atoms with E-state index in [1.54, 1.807) is 0 Å². The fourth-order valence-electron chi connectivity index (χ4n) is 2.04. The molecule has 0 radical (unpaired) electrons. The normalized spacial score (nSPS) is 11.8. The van der Waals surface area contributed by atoms with Gasteiger partial charge >= 0.3 is 12.1 Å². The van der Waals surface area contributed by atoms with Gasteiger partial charge in [-0.15, -0.1) is 0 Å². The number of esters is 1. The molecule has 146 valence electrons. The first-order chi connectivity index (χ1) is 13.2. The highest BCUT2D eigenvalue weighted by Crippen LogP contribution is 2.29. The number of amides is 1. The third kappa shape index (κ3) is 6.02. The maximum atomic E-state index is 12.5. The Morgan fingerprint density at radius 2 is 1.71 bits per heavy atom. The molecule has 0 heterocycles. The van der Waals surface area contributed by atoms with Gasteiger partial charge in [0.25, 0.3) is 5.91 Å². The average molecular weight is 392 g/mol. The Morgan fingerprint density at radius 1 is 1.11 bits per heavy atom. The zero-order valence-electron chi connectivity index (χ0n) is 14.6. The van der Waals surface area contributed by atoms with Crippen molar-refractivity contribution in [3.05, 3.63) is 59.7 Å². The van der Waals surface area contributed by atoms with Crippen LogP contribution in [-0.2, 0) is 20.5 Å². The monoisotopic (exact) mass is 392 g/mol. The van der Waals surface area contributed by atoms with E-state index in [0.717, 1.165) is 24.3 Å². The molecule has 6 nitrogen and oxygen atoms in total. The molecule has 0 saturated carbocycles. The molecular weight excluding hydrogens is 377 g/mol. The van der Waals surface area contributed by atoms with E-state index < -0.39 is 36.3 Å². The van der Waals surface area contributed by atoms with E-state index in [1.807, 2.05) is 6.07 Å². The van der Waals surface area contributed by atoms with Crippen molar-refractivity contribution in [1.82, 2.24) is 0 Å². The van der Waals surface area contributed by atoms with Gasteiger partial charge in [-0.3, -0.25) is 4.79 Å². The quantitative estimate of drug-likeness (QED) is 0.760.